The number of hydrogen-bond donors (Lipinski definition) is 0. The van der Waals surface area contributed by atoms with Crippen molar-refractivity contribution in [3.8, 4) is 0 Å². The van der Waals surface area contributed by atoms with Crippen LogP contribution in [0.2, 0.25) is 0 Å². The Morgan fingerprint density at radius 2 is 1.81 bits per heavy atom. The van der Waals surface area contributed by atoms with Gasteiger partial charge in [0.05, 0.1) is 4.75 Å². The van der Waals surface area contributed by atoms with Crippen LogP contribution in [0.3, 0.4) is 0 Å². The largest absolute Gasteiger partial charge is 0.293 e. The molecule has 1 aliphatic heterocycles. The Hall–Kier alpha value is -0.460. The van der Waals surface area contributed by atoms with Crippen molar-refractivity contribution in [3.63, 3.8) is 0 Å². The molecule has 0 aromatic rings. The molecule has 1 unspecified atom stereocenters. The Morgan fingerprint density at radius 1 is 1.19 bits per heavy atom. The molecule has 1 fully saturated rings. The molecule has 0 bridgehead atoms. The van der Waals surface area contributed by atoms with Crippen molar-refractivity contribution < 1.29 is 4.79 Å². The molecule has 0 amide bonds. The number of rotatable bonds is 4. The molecule has 2 rings (SSSR count). The van der Waals surface area contributed by atoms with E-state index in [0.717, 1.165) is 12.8 Å². The van der Waals surface area contributed by atoms with Crippen molar-refractivity contribution in [2.24, 2.45) is 5.41 Å². The number of carbonyl (C=O) groups is 1. The van der Waals surface area contributed by atoms with Gasteiger partial charge in [-0.3, -0.25) is 4.79 Å². The highest BCUT2D eigenvalue weighted by molar-refractivity contribution is 8.05. The van der Waals surface area contributed by atoms with Crippen LogP contribution in [0.5, 0.6) is 0 Å². The standard InChI is InChI=1S/C17H26OS.C2H6/c1-4-17(3)15(18)9-8-14(19-17)10-13-16(2)11-6-5-7-12-16;1-2/h9H,4-7,10-13H2,1-3H3;1-2H3. The van der Waals surface area contributed by atoms with Crippen LogP contribution >= 0.6 is 11.8 Å². The molecule has 1 aliphatic carbocycles. The molecule has 1 saturated carbocycles. The van der Waals surface area contributed by atoms with E-state index in [-0.39, 0.29) is 10.5 Å². The first-order chi connectivity index (χ1) is 9.97. The Kier molecular flexibility index (Phi) is 7.30. The molecule has 1 heterocycles. The van der Waals surface area contributed by atoms with Gasteiger partial charge in [0, 0.05) is 11.0 Å². The van der Waals surface area contributed by atoms with E-state index in [1.54, 1.807) is 17.8 Å². The van der Waals surface area contributed by atoms with Gasteiger partial charge in [-0.05, 0) is 44.4 Å². The number of carbonyl (C=O) groups excluding carboxylic acids is 1. The van der Waals surface area contributed by atoms with Crippen LogP contribution in [-0.2, 0) is 4.79 Å². The zero-order valence-corrected chi connectivity index (χ0v) is 15.4. The van der Waals surface area contributed by atoms with Gasteiger partial charge >= 0.3 is 0 Å². The summed E-state index contributed by atoms with van der Waals surface area (Å²) in [6.45, 7) is 10.6. The van der Waals surface area contributed by atoms with E-state index in [0.29, 0.717) is 5.41 Å². The van der Waals surface area contributed by atoms with Crippen LogP contribution in [0.4, 0.5) is 0 Å². The summed E-state index contributed by atoms with van der Waals surface area (Å²) < 4.78 is -0.242. The topological polar surface area (TPSA) is 17.1 Å². The zero-order chi connectivity index (χ0) is 15.9. The maximum Gasteiger partial charge on any atom is 0.179 e. The molecule has 0 N–H and O–H groups in total. The van der Waals surface area contributed by atoms with Gasteiger partial charge in [0.25, 0.3) is 0 Å². The highest BCUT2D eigenvalue weighted by Gasteiger charge is 2.34. The predicted octanol–water partition coefficient (Wildman–Crippen LogP) is 6.29. The molecular weight excluding hydrogens is 276 g/mol. The molecule has 1 nitrogen and oxygen atoms in total. The first-order valence-corrected chi connectivity index (χ1v) is 9.48. The minimum atomic E-state index is -0.242. The number of allylic oxidation sites excluding steroid dienone is 1. The first-order valence-electron chi connectivity index (χ1n) is 8.66. The normalized spacial score (nSPS) is 27.7. The van der Waals surface area contributed by atoms with Gasteiger partial charge in [0.2, 0.25) is 0 Å². The van der Waals surface area contributed by atoms with E-state index in [1.807, 2.05) is 13.8 Å². The molecule has 21 heavy (non-hydrogen) atoms. The van der Waals surface area contributed by atoms with Gasteiger partial charge in [-0.1, -0.05) is 47.0 Å². The summed E-state index contributed by atoms with van der Waals surface area (Å²) in [5.41, 5.74) is 3.75. The van der Waals surface area contributed by atoms with E-state index < -0.39 is 0 Å². The summed E-state index contributed by atoms with van der Waals surface area (Å²) in [6.07, 6.45) is 11.9. The summed E-state index contributed by atoms with van der Waals surface area (Å²) >= 11 is 1.75. The lowest BCUT2D eigenvalue weighted by Crippen LogP contribution is -2.31. The van der Waals surface area contributed by atoms with Crippen LogP contribution in [0, 0.1) is 5.41 Å². The van der Waals surface area contributed by atoms with E-state index >= 15 is 0 Å². The van der Waals surface area contributed by atoms with E-state index in [9.17, 15) is 4.79 Å². The molecule has 0 aromatic carbocycles. The van der Waals surface area contributed by atoms with Crippen LogP contribution in [0.25, 0.3) is 0 Å². The number of hydrogen-bond acceptors (Lipinski definition) is 2. The third-order valence-electron chi connectivity index (χ3n) is 4.92. The van der Waals surface area contributed by atoms with Crippen molar-refractivity contribution in [1.29, 1.82) is 0 Å². The second-order valence-corrected chi connectivity index (χ2v) is 8.23. The smallest absolute Gasteiger partial charge is 0.179 e. The molecule has 2 heteroatoms. The highest BCUT2D eigenvalue weighted by atomic mass is 32.2. The monoisotopic (exact) mass is 308 g/mol. The minimum absolute atomic E-state index is 0.229. The van der Waals surface area contributed by atoms with Crippen LogP contribution in [0.1, 0.15) is 86.0 Å². The summed E-state index contributed by atoms with van der Waals surface area (Å²) in [6, 6.07) is 0. The van der Waals surface area contributed by atoms with Crippen molar-refractivity contribution in [1.82, 2.24) is 0 Å². The van der Waals surface area contributed by atoms with Gasteiger partial charge < -0.3 is 0 Å². The SMILES string of the molecule is CC.CCC1(C)SC(CCC2(C)CCCCC2)=C=CC1=O. The maximum absolute atomic E-state index is 11.9. The fourth-order valence-electron chi connectivity index (χ4n) is 3.09. The zero-order valence-electron chi connectivity index (χ0n) is 14.6. The van der Waals surface area contributed by atoms with Crippen molar-refractivity contribution in [3.05, 3.63) is 16.7 Å². The predicted molar refractivity (Wildman–Crippen MR) is 94.7 cm³/mol. The quantitative estimate of drug-likeness (QED) is 0.568. The van der Waals surface area contributed by atoms with Crippen molar-refractivity contribution in [2.45, 2.75) is 90.7 Å². The van der Waals surface area contributed by atoms with Gasteiger partial charge in [0.15, 0.2) is 5.78 Å². The molecule has 120 valence electrons. The fourth-order valence-corrected chi connectivity index (χ4v) is 4.26. The fraction of sp³-hybridized carbons (Fsp3) is 0.789. The van der Waals surface area contributed by atoms with Crippen molar-refractivity contribution in [2.75, 3.05) is 0 Å². The number of ketones is 1. The van der Waals surface area contributed by atoms with Crippen LogP contribution in [0.15, 0.2) is 16.7 Å². The third-order valence-corrected chi connectivity index (χ3v) is 6.43. The first kappa shape index (κ1) is 18.6. The second-order valence-electron chi connectivity index (χ2n) is 6.63. The molecule has 1 atom stereocenters. The van der Waals surface area contributed by atoms with Gasteiger partial charge in [-0.2, -0.15) is 0 Å². The van der Waals surface area contributed by atoms with Gasteiger partial charge in [-0.25, -0.2) is 0 Å². The molecule has 0 radical (unpaired) electrons. The summed E-state index contributed by atoms with van der Waals surface area (Å²) in [5, 5.41) is 0. The Morgan fingerprint density at radius 3 is 2.38 bits per heavy atom. The molecule has 0 saturated heterocycles. The van der Waals surface area contributed by atoms with Crippen LogP contribution < -0.4 is 0 Å². The second kappa shape index (κ2) is 8.25. The molecule has 0 aromatic heterocycles. The maximum atomic E-state index is 11.9. The van der Waals surface area contributed by atoms with Gasteiger partial charge in [0.1, 0.15) is 0 Å². The average Bonchev–Trinajstić information content (AvgIpc) is 2.51. The minimum Gasteiger partial charge on any atom is -0.293 e. The lowest BCUT2D eigenvalue weighted by Gasteiger charge is -2.34. The molecule has 2 aliphatic rings. The highest BCUT2D eigenvalue weighted by Crippen LogP contribution is 2.44. The average molecular weight is 309 g/mol. The lowest BCUT2D eigenvalue weighted by molar-refractivity contribution is -0.116. The lowest BCUT2D eigenvalue weighted by atomic mass is 9.73. The summed E-state index contributed by atoms with van der Waals surface area (Å²) in [7, 11) is 0. The van der Waals surface area contributed by atoms with E-state index in [4.69, 9.17) is 0 Å². The van der Waals surface area contributed by atoms with Crippen molar-refractivity contribution >= 4 is 17.5 Å². The molecular formula is C19H32OS. The Labute approximate surface area is 135 Å². The number of thioether (sulfide) groups is 1. The third kappa shape index (κ3) is 5.04. The van der Waals surface area contributed by atoms with E-state index in [1.165, 1.54) is 43.4 Å². The van der Waals surface area contributed by atoms with E-state index in [2.05, 4.69) is 26.5 Å². The Balaban J connectivity index is 0.00000106. The summed E-state index contributed by atoms with van der Waals surface area (Å²) in [5.74, 6) is 0.229. The summed E-state index contributed by atoms with van der Waals surface area (Å²) in [4.78, 5) is 13.2. The molecule has 0 spiro atoms. The van der Waals surface area contributed by atoms with Crippen LogP contribution in [-0.4, -0.2) is 10.5 Å². The Bertz CT molecular complexity index is 411. The van der Waals surface area contributed by atoms with Gasteiger partial charge in [-0.15, -0.1) is 17.5 Å².